The molecule has 0 aliphatic carbocycles. The Morgan fingerprint density at radius 1 is 1.69 bits per heavy atom. The summed E-state index contributed by atoms with van der Waals surface area (Å²) in [6.45, 7) is 0.799. The molecule has 2 heterocycles. The van der Waals surface area contributed by atoms with Crippen molar-refractivity contribution in [2.45, 2.75) is 18.1 Å². The van der Waals surface area contributed by atoms with Crippen molar-refractivity contribution in [3.05, 3.63) is 18.0 Å². The highest BCUT2D eigenvalue weighted by Crippen LogP contribution is 2.25. The van der Waals surface area contributed by atoms with Crippen molar-refractivity contribution in [2.75, 3.05) is 17.6 Å². The third-order valence-electron chi connectivity index (χ3n) is 2.39. The number of hydrogen-bond donors (Lipinski definition) is 2. The highest BCUT2D eigenvalue weighted by Gasteiger charge is 2.15. The van der Waals surface area contributed by atoms with E-state index in [0.717, 1.165) is 6.54 Å². The Morgan fingerprint density at radius 2 is 2.56 bits per heavy atom. The first-order valence-electron chi connectivity index (χ1n) is 5.17. The van der Waals surface area contributed by atoms with E-state index in [1.807, 2.05) is 11.8 Å². The molecule has 86 valence electrons. The Labute approximate surface area is 97.7 Å². The van der Waals surface area contributed by atoms with Gasteiger partial charge in [0.25, 0.3) is 0 Å². The third-order valence-corrected chi connectivity index (χ3v) is 3.78. The zero-order chi connectivity index (χ0) is 11.4. The molecule has 1 aliphatic heterocycles. The Hall–Kier alpha value is -1.30. The first-order valence-corrected chi connectivity index (χ1v) is 6.22. The van der Waals surface area contributed by atoms with Gasteiger partial charge in [-0.05, 0) is 24.7 Å². The number of rotatable bonds is 4. The van der Waals surface area contributed by atoms with E-state index >= 15 is 0 Å². The van der Waals surface area contributed by atoms with Gasteiger partial charge in [0, 0.05) is 18.0 Å². The Balaban J connectivity index is 1.93. The van der Waals surface area contributed by atoms with E-state index in [0.29, 0.717) is 11.2 Å². The summed E-state index contributed by atoms with van der Waals surface area (Å²) in [6.07, 6.45) is 3.92. The minimum Gasteiger partial charge on any atom is -0.477 e. The minimum absolute atomic E-state index is 0.0246. The fourth-order valence-electron chi connectivity index (χ4n) is 1.57. The third kappa shape index (κ3) is 2.85. The van der Waals surface area contributed by atoms with Gasteiger partial charge in [0.05, 0.1) is 0 Å². The highest BCUT2D eigenvalue weighted by atomic mass is 32.2. The number of anilines is 1. The molecule has 5 nitrogen and oxygen atoms in total. The maximum Gasteiger partial charge on any atom is 0.354 e. The molecule has 1 saturated heterocycles. The second kappa shape index (κ2) is 5.16. The number of nitrogens with one attached hydrogen (secondary N) is 1. The molecule has 1 aromatic heterocycles. The molecule has 1 fully saturated rings. The molecule has 0 saturated carbocycles. The molecule has 0 amide bonds. The zero-order valence-corrected chi connectivity index (χ0v) is 9.54. The maximum atomic E-state index is 10.7. The van der Waals surface area contributed by atoms with Crippen molar-refractivity contribution in [2.24, 2.45) is 0 Å². The summed E-state index contributed by atoms with van der Waals surface area (Å²) in [5.41, 5.74) is 0.0246. The Bertz CT molecular complexity index is 380. The number of aromatic carboxylic acids is 1. The lowest BCUT2D eigenvalue weighted by Crippen LogP contribution is -2.16. The molecule has 0 bridgehead atoms. The van der Waals surface area contributed by atoms with Gasteiger partial charge < -0.3 is 10.4 Å². The molecule has 1 aliphatic rings. The molecule has 1 aromatic rings. The number of carbonyl (C=O) groups is 1. The van der Waals surface area contributed by atoms with Crippen LogP contribution in [0.25, 0.3) is 0 Å². The second-order valence-electron chi connectivity index (χ2n) is 3.59. The van der Waals surface area contributed by atoms with Crippen LogP contribution in [0.4, 0.5) is 5.95 Å². The van der Waals surface area contributed by atoms with Crippen LogP contribution in [0.3, 0.4) is 0 Å². The zero-order valence-electron chi connectivity index (χ0n) is 8.72. The molecule has 0 spiro atoms. The minimum atomic E-state index is -1.03. The maximum absolute atomic E-state index is 10.7. The van der Waals surface area contributed by atoms with Crippen molar-refractivity contribution in [1.82, 2.24) is 9.97 Å². The molecule has 1 atom stereocenters. The van der Waals surface area contributed by atoms with Gasteiger partial charge in [-0.1, -0.05) is 0 Å². The smallest absolute Gasteiger partial charge is 0.354 e. The summed E-state index contributed by atoms with van der Waals surface area (Å²) in [5.74, 6) is 0.579. The Morgan fingerprint density at radius 3 is 3.25 bits per heavy atom. The molecule has 2 rings (SSSR count). The average Bonchev–Trinajstić information content (AvgIpc) is 2.79. The molecule has 6 heteroatoms. The average molecular weight is 239 g/mol. The van der Waals surface area contributed by atoms with Crippen LogP contribution in [0.15, 0.2) is 12.3 Å². The molecular weight excluding hydrogens is 226 g/mol. The first-order chi connectivity index (χ1) is 7.75. The quantitative estimate of drug-likeness (QED) is 0.829. The summed E-state index contributed by atoms with van der Waals surface area (Å²) >= 11 is 1.94. The van der Waals surface area contributed by atoms with E-state index < -0.39 is 5.97 Å². The normalized spacial score (nSPS) is 19.6. The van der Waals surface area contributed by atoms with Crippen molar-refractivity contribution in [3.8, 4) is 0 Å². The lowest BCUT2D eigenvalue weighted by atomic mass is 10.2. The molecule has 1 unspecified atom stereocenters. The van der Waals surface area contributed by atoms with Gasteiger partial charge in [-0.2, -0.15) is 11.8 Å². The highest BCUT2D eigenvalue weighted by molar-refractivity contribution is 8.00. The fraction of sp³-hybridized carbons (Fsp3) is 0.500. The summed E-state index contributed by atoms with van der Waals surface area (Å²) in [6, 6.07) is 1.39. The summed E-state index contributed by atoms with van der Waals surface area (Å²) < 4.78 is 0. The lowest BCUT2D eigenvalue weighted by molar-refractivity contribution is 0.0690. The van der Waals surface area contributed by atoms with Crippen LogP contribution in [0.2, 0.25) is 0 Å². The molecule has 2 N–H and O–H groups in total. The first kappa shape index (κ1) is 11.2. The molecule has 0 radical (unpaired) electrons. The van der Waals surface area contributed by atoms with Gasteiger partial charge in [-0.25, -0.2) is 14.8 Å². The van der Waals surface area contributed by atoms with Crippen LogP contribution in [0, 0.1) is 0 Å². The summed E-state index contributed by atoms with van der Waals surface area (Å²) in [4.78, 5) is 18.6. The number of carboxylic acids is 1. The monoisotopic (exact) mass is 239 g/mol. The van der Waals surface area contributed by atoms with Gasteiger partial charge in [-0.15, -0.1) is 0 Å². The van der Waals surface area contributed by atoms with Crippen LogP contribution < -0.4 is 5.32 Å². The number of carboxylic acid groups (broad SMARTS) is 1. The molecule has 0 aromatic carbocycles. The molecule has 16 heavy (non-hydrogen) atoms. The number of thioether (sulfide) groups is 1. The number of nitrogens with zero attached hydrogens (tertiary/aromatic N) is 2. The largest absolute Gasteiger partial charge is 0.477 e. The van der Waals surface area contributed by atoms with Crippen molar-refractivity contribution < 1.29 is 9.90 Å². The van der Waals surface area contributed by atoms with Gasteiger partial charge in [0.1, 0.15) is 0 Å². The standard InChI is InChI=1S/C10H13N3O2S/c14-9(15)8-3-4-11-10(13-8)12-6-7-2-1-5-16-7/h3-4,7H,1-2,5-6H2,(H,14,15)(H,11,12,13). The topological polar surface area (TPSA) is 75.1 Å². The van der Waals surface area contributed by atoms with Crippen LogP contribution in [0.1, 0.15) is 23.3 Å². The van der Waals surface area contributed by atoms with Gasteiger partial charge in [0.15, 0.2) is 5.69 Å². The van der Waals surface area contributed by atoms with E-state index in [9.17, 15) is 4.79 Å². The van der Waals surface area contributed by atoms with Crippen LogP contribution in [-0.4, -0.2) is 38.6 Å². The predicted octanol–water partition coefficient (Wildman–Crippen LogP) is 1.48. The van der Waals surface area contributed by atoms with Crippen LogP contribution >= 0.6 is 11.8 Å². The van der Waals surface area contributed by atoms with Gasteiger partial charge >= 0.3 is 5.97 Å². The van der Waals surface area contributed by atoms with Crippen molar-refractivity contribution >= 4 is 23.7 Å². The second-order valence-corrected chi connectivity index (χ2v) is 4.99. The number of hydrogen-bond acceptors (Lipinski definition) is 5. The SMILES string of the molecule is O=C(O)c1ccnc(NCC2CCCS2)n1. The summed E-state index contributed by atoms with van der Waals surface area (Å²) in [5, 5.41) is 12.4. The van der Waals surface area contributed by atoms with Gasteiger partial charge in [-0.3, -0.25) is 0 Å². The summed E-state index contributed by atoms with van der Waals surface area (Å²) in [7, 11) is 0. The van der Waals surface area contributed by atoms with E-state index in [4.69, 9.17) is 5.11 Å². The van der Waals surface area contributed by atoms with Crippen LogP contribution in [0.5, 0.6) is 0 Å². The predicted molar refractivity (Wildman–Crippen MR) is 63.0 cm³/mol. The van der Waals surface area contributed by atoms with E-state index in [2.05, 4.69) is 15.3 Å². The van der Waals surface area contributed by atoms with Crippen molar-refractivity contribution in [1.29, 1.82) is 0 Å². The van der Waals surface area contributed by atoms with Crippen LogP contribution in [-0.2, 0) is 0 Å². The van der Waals surface area contributed by atoms with Gasteiger partial charge in [0.2, 0.25) is 5.95 Å². The molecular formula is C10H13N3O2S. The van der Waals surface area contributed by atoms with E-state index in [-0.39, 0.29) is 5.69 Å². The van der Waals surface area contributed by atoms with E-state index in [1.54, 1.807) is 0 Å². The van der Waals surface area contributed by atoms with E-state index in [1.165, 1.54) is 30.9 Å². The fourth-order valence-corrected chi connectivity index (χ4v) is 2.77. The van der Waals surface area contributed by atoms with Crippen molar-refractivity contribution in [3.63, 3.8) is 0 Å². The number of aromatic nitrogens is 2. The lowest BCUT2D eigenvalue weighted by Gasteiger charge is -2.09. The Kier molecular flexibility index (Phi) is 3.61.